The summed E-state index contributed by atoms with van der Waals surface area (Å²) < 4.78 is 14.1. The number of halogens is 1. The average molecular weight is 237 g/mol. The molecule has 0 aromatic carbocycles. The van der Waals surface area contributed by atoms with Crippen molar-refractivity contribution in [2.45, 2.75) is 31.3 Å². The summed E-state index contributed by atoms with van der Waals surface area (Å²) in [6.07, 6.45) is 6.88. The predicted octanol–water partition coefficient (Wildman–Crippen LogP) is 1.23. The standard InChI is InChI=1S/C13H20FN3/c14-11-4-1-5-12-13(11)17-7-2-3-10(17)9-16(12)8-6-15/h1,4,10,12H,2-3,5-9,15H2/t10-,12+/m0/s1. The molecule has 0 amide bonds. The number of nitrogens with two attached hydrogens (primary N) is 1. The van der Waals surface area contributed by atoms with Crippen molar-refractivity contribution in [1.82, 2.24) is 9.80 Å². The Labute approximate surface area is 102 Å². The van der Waals surface area contributed by atoms with Crippen LogP contribution in [0, 0.1) is 0 Å². The molecule has 0 bridgehead atoms. The summed E-state index contributed by atoms with van der Waals surface area (Å²) in [4.78, 5) is 4.67. The molecular weight excluding hydrogens is 217 g/mol. The first-order chi connectivity index (χ1) is 8.31. The lowest BCUT2D eigenvalue weighted by Gasteiger charge is -2.47. The van der Waals surface area contributed by atoms with E-state index in [1.165, 1.54) is 12.8 Å². The van der Waals surface area contributed by atoms with E-state index >= 15 is 0 Å². The lowest BCUT2D eigenvalue weighted by atomic mass is 9.96. The van der Waals surface area contributed by atoms with Crippen LogP contribution in [0.2, 0.25) is 0 Å². The largest absolute Gasteiger partial charge is 0.367 e. The zero-order chi connectivity index (χ0) is 11.8. The fourth-order valence-corrected chi connectivity index (χ4v) is 3.46. The molecule has 0 spiro atoms. The Morgan fingerprint density at radius 2 is 2.35 bits per heavy atom. The normalized spacial score (nSPS) is 32.9. The first-order valence-corrected chi connectivity index (χ1v) is 6.58. The van der Waals surface area contributed by atoms with Crippen LogP contribution in [0.3, 0.4) is 0 Å². The van der Waals surface area contributed by atoms with Crippen LogP contribution < -0.4 is 5.73 Å². The minimum Gasteiger partial charge on any atom is -0.367 e. The molecule has 0 saturated carbocycles. The van der Waals surface area contributed by atoms with Crippen molar-refractivity contribution in [3.05, 3.63) is 23.7 Å². The Bertz CT molecular complexity index is 364. The molecule has 3 nitrogen and oxygen atoms in total. The molecule has 3 rings (SSSR count). The highest BCUT2D eigenvalue weighted by atomic mass is 19.1. The third-order valence-electron chi connectivity index (χ3n) is 4.17. The highest BCUT2D eigenvalue weighted by Crippen LogP contribution is 2.37. The molecule has 2 aliphatic heterocycles. The van der Waals surface area contributed by atoms with Gasteiger partial charge in [-0.1, -0.05) is 6.08 Å². The van der Waals surface area contributed by atoms with Gasteiger partial charge in [0.1, 0.15) is 5.83 Å². The molecule has 4 heteroatoms. The van der Waals surface area contributed by atoms with Crippen molar-refractivity contribution >= 4 is 0 Å². The molecule has 3 aliphatic rings. The van der Waals surface area contributed by atoms with E-state index in [1.54, 1.807) is 6.08 Å². The SMILES string of the molecule is NCCN1C[C@@H]2CCCN2C2=C(F)C=CC[C@H]21. The smallest absolute Gasteiger partial charge is 0.143 e. The van der Waals surface area contributed by atoms with Crippen LogP contribution in [-0.2, 0) is 0 Å². The van der Waals surface area contributed by atoms with Gasteiger partial charge in [-0.2, -0.15) is 0 Å². The van der Waals surface area contributed by atoms with Crippen molar-refractivity contribution in [1.29, 1.82) is 0 Å². The zero-order valence-electron chi connectivity index (χ0n) is 10.1. The maximum atomic E-state index is 14.1. The molecule has 0 radical (unpaired) electrons. The van der Waals surface area contributed by atoms with Crippen molar-refractivity contribution in [2.75, 3.05) is 26.2 Å². The highest BCUT2D eigenvalue weighted by molar-refractivity contribution is 5.31. The van der Waals surface area contributed by atoms with Gasteiger partial charge in [0.15, 0.2) is 0 Å². The first-order valence-electron chi connectivity index (χ1n) is 6.58. The molecule has 94 valence electrons. The average Bonchev–Trinajstić information content (AvgIpc) is 2.77. The van der Waals surface area contributed by atoms with E-state index in [0.29, 0.717) is 12.6 Å². The molecule has 17 heavy (non-hydrogen) atoms. The van der Waals surface area contributed by atoms with E-state index in [0.717, 1.165) is 31.8 Å². The lowest BCUT2D eigenvalue weighted by molar-refractivity contribution is 0.0915. The Morgan fingerprint density at radius 3 is 3.18 bits per heavy atom. The summed E-state index contributed by atoms with van der Waals surface area (Å²) >= 11 is 0. The van der Waals surface area contributed by atoms with Crippen LogP contribution in [0.15, 0.2) is 23.7 Å². The fourth-order valence-electron chi connectivity index (χ4n) is 3.46. The van der Waals surface area contributed by atoms with E-state index in [-0.39, 0.29) is 11.9 Å². The molecular formula is C13H20FN3. The van der Waals surface area contributed by atoms with Crippen molar-refractivity contribution in [3.63, 3.8) is 0 Å². The zero-order valence-corrected chi connectivity index (χ0v) is 10.1. The molecule has 2 saturated heterocycles. The highest BCUT2D eigenvalue weighted by Gasteiger charge is 2.41. The van der Waals surface area contributed by atoms with E-state index in [4.69, 9.17) is 5.73 Å². The number of piperazine rings is 1. The molecule has 0 aromatic rings. The Hall–Kier alpha value is -0.870. The molecule has 2 N–H and O–H groups in total. The number of rotatable bonds is 2. The van der Waals surface area contributed by atoms with Gasteiger partial charge in [0.05, 0.1) is 11.7 Å². The first kappa shape index (κ1) is 11.2. The van der Waals surface area contributed by atoms with Crippen LogP contribution in [0.25, 0.3) is 0 Å². The molecule has 1 aliphatic carbocycles. The van der Waals surface area contributed by atoms with Gasteiger partial charge in [-0.3, -0.25) is 4.90 Å². The number of hydrogen-bond donors (Lipinski definition) is 1. The number of nitrogens with zero attached hydrogens (tertiary/aromatic N) is 2. The molecule has 2 atom stereocenters. The van der Waals surface area contributed by atoms with E-state index in [2.05, 4.69) is 9.80 Å². The van der Waals surface area contributed by atoms with Gasteiger partial charge in [-0.25, -0.2) is 4.39 Å². The molecule has 0 unspecified atom stereocenters. The summed E-state index contributed by atoms with van der Waals surface area (Å²) in [5.41, 5.74) is 6.60. The maximum absolute atomic E-state index is 14.1. The van der Waals surface area contributed by atoms with Crippen LogP contribution in [0.1, 0.15) is 19.3 Å². The van der Waals surface area contributed by atoms with E-state index in [1.807, 2.05) is 6.08 Å². The predicted molar refractivity (Wildman–Crippen MR) is 66.0 cm³/mol. The van der Waals surface area contributed by atoms with Crippen molar-refractivity contribution in [2.24, 2.45) is 5.73 Å². The quantitative estimate of drug-likeness (QED) is 0.784. The van der Waals surface area contributed by atoms with Gasteiger partial charge in [0, 0.05) is 32.2 Å². The summed E-state index contributed by atoms with van der Waals surface area (Å²) in [5, 5.41) is 0. The Balaban J connectivity index is 1.93. The summed E-state index contributed by atoms with van der Waals surface area (Å²) in [7, 11) is 0. The van der Waals surface area contributed by atoms with Gasteiger partial charge in [0.2, 0.25) is 0 Å². The van der Waals surface area contributed by atoms with Gasteiger partial charge >= 0.3 is 0 Å². The van der Waals surface area contributed by atoms with Crippen molar-refractivity contribution in [3.8, 4) is 0 Å². The number of hydrogen-bond acceptors (Lipinski definition) is 3. The third-order valence-corrected chi connectivity index (χ3v) is 4.17. The van der Waals surface area contributed by atoms with Crippen LogP contribution >= 0.6 is 0 Å². The molecule has 2 heterocycles. The van der Waals surface area contributed by atoms with Crippen molar-refractivity contribution < 1.29 is 4.39 Å². The monoisotopic (exact) mass is 237 g/mol. The minimum atomic E-state index is -0.0325. The minimum absolute atomic E-state index is 0.0325. The van der Waals surface area contributed by atoms with Gasteiger partial charge in [-0.05, 0) is 25.3 Å². The molecule has 2 fully saturated rings. The summed E-state index contributed by atoms with van der Waals surface area (Å²) in [6, 6.07) is 0.725. The summed E-state index contributed by atoms with van der Waals surface area (Å²) in [5.74, 6) is -0.0325. The topological polar surface area (TPSA) is 32.5 Å². The molecule has 0 aromatic heterocycles. The van der Waals surface area contributed by atoms with Gasteiger partial charge < -0.3 is 10.6 Å². The fraction of sp³-hybridized carbons (Fsp3) is 0.692. The van der Waals surface area contributed by atoms with Crippen LogP contribution in [-0.4, -0.2) is 48.1 Å². The van der Waals surface area contributed by atoms with E-state index < -0.39 is 0 Å². The Morgan fingerprint density at radius 1 is 1.47 bits per heavy atom. The summed E-state index contributed by atoms with van der Waals surface area (Å²) in [6.45, 7) is 3.60. The number of fused-ring (bicyclic) bond motifs is 3. The van der Waals surface area contributed by atoms with E-state index in [9.17, 15) is 4.39 Å². The second-order valence-electron chi connectivity index (χ2n) is 5.16. The van der Waals surface area contributed by atoms with Gasteiger partial charge in [0.25, 0.3) is 0 Å². The third kappa shape index (κ3) is 1.79. The van der Waals surface area contributed by atoms with Gasteiger partial charge in [-0.15, -0.1) is 0 Å². The number of allylic oxidation sites excluding steroid dienone is 2. The second-order valence-corrected chi connectivity index (χ2v) is 5.16. The van der Waals surface area contributed by atoms with Crippen LogP contribution in [0.5, 0.6) is 0 Å². The second kappa shape index (κ2) is 4.42. The maximum Gasteiger partial charge on any atom is 0.143 e. The lowest BCUT2D eigenvalue weighted by Crippen LogP contribution is -2.56. The Kier molecular flexibility index (Phi) is 2.92. The van der Waals surface area contributed by atoms with Crippen LogP contribution in [0.4, 0.5) is 4.39 Å².